The first-order valence-electron chi connectivity index (χ1n) is 8.05. The van der Waals surface area contributed by atoms with Crippen molar-refractivity contribution in [3.05, 3.63) is 29.3 Å². The molecule has 1 aliphatic heterocycles. The van der Waals surface area contributed by atoms with E-state index in [1.54, 1.807) is 0 Å². The minimum atomic E-state index is -3.01. The average molecular weight is 324 g/mol. The number of nitrogens with zero attached hydrogens (tertiary/aromatic N) is 1. The monoisotopic (exact) mass is 324 g/mol. The lowest BCUT2D eigenvalue weighted by molar-refractivity contribution is 0.179. The average Bonchev–Trinajstić information content (AvgIpc) is 2.43. The van der Waals surface area contributed by atoms with Crippen molar-refractivity contribution in [2.75, 3.05) is 31.2 Å². The Morgan fingerprint density at radius 2 is 2.09 bits per heavy atom. The Morgan fingerprint density at radius 3 is 2.68 bits per heavy atom. The summed E-state index contributed by atoms with van der Waals surface area (Å²) in [6.45, 7) is 9.86. The molecule has 0 spiro atoms. The second kappa shape index (κ2) is 7.01. The van der Waals surface area contributed by atoms with Crippen LogP contribution in [-0.2, 0) is 15.6 Å². The van der Waals surface area contributed by atoms with E-state index in [1.165, 1.54) is 6.26 Å². The first-order chi connectivity index (χ1) is 10.3. The standard InChI is InChI=1S/C17H28N2O2S/c1-5-19-10-9-16(13(2)11-19)18-17-8-6-7-15(14(17)3)12-22(4,20)21/h6-8,13,16,18H,5,9-12H2,1-4H3/t13-,16+/m0/s1. The molecule has 124 valence electrons. The Kier molecular flexibility index (Phi) is 5.50. The van der Waals surface area contributed by atoms with Crippen molar-refractivity contribution < 1.29 is 8.42 Å². The van der Waals surface area contributed by atoms with Gasteiger partial charge in [-0.1, -0.05) is 26.0 Å². The van der Waals surface area contributed by atoms with E-state index in [1.807, 2.05) is 19.1 Å². The van der Waals surface area contributed by atoms with Crippen LogP contribution in [0.3, 0.4) is 0 Å². The largest absolute Gasteiger partial charge is 0.382 e. The number of anilines is 1. The van der Waals surface area contributed by atoms with Crippen molar-refractivity contribution in [1.82, 2.24) is 4.90 Å². The smallest absolute Gasteiger partial charge is 0.151 e. The fourth-order valence-corrected chi connectivity index (χ4v) is 4.09. The normalized spacial score (nSPS) is 23.5. The van der Waals surface area contributed by atoms with Gasteiger partial charge in [0.25, 0.3) is 0 Å². The van der Waals surface area contributed by atoms with Crippen LogP contribution in [0.1, 0.15) is 31.4 Å². The molecule has 1 aromatic rings. The van der Waals surface area contributed by atoms with Crippen LogP contribution in [0.2, 0.25) is 0 Å². The SMILES string of the molecule is CCN1CC[C@@H](Nc2cccc(CS(C)(=O)=O)c2C)[C@@H](C)C1. The summed E-state index contributed by atoms with van der Waals surface area (Å²) in [5, 5.41) is 3.65. The summed E-state index contributed by atoms with van der Waals surface area (Å²) >= 11 is 0. The zero-order valence-corrected chi connectivity index (χ0v) is 14.9. The number of nitrogens with one attached hydrogen (secondary N) is 1. The fourth-order valence-electron chi connectivity index (χ4n) is 3.21. The van der Waals surface area contributed by atoms with Gasteiger partial charge in [-0.05, 0) is 43.0 Å². The van der Waals surface area contributed by atoms with Gasteiger partial charge in [0.1, 0.15) is 0 Å². The van der Waals surface area contributed by atoms with Crippen LogP contribution in [0, 0.1) is 12.8 Å². The molecule has 1 fully saturated rings. The van der Waals surface area contributed by atoms with Gasteiger partial charge in [-0.2, -0.15) is 0 Å². The van der Waals surface area contributed by atoms with Gasteiger partial charge < -0.3 is 10.2 Å². The first kappa shape index (κ1) is 17.3. The van der Waals surface area contributed by atoms with E-state index in [9.17, 15) is 8.42 Å². The van der Waals surface area contributed by atoms with Crippen molar-refractivity contribution in [1.29, 1.82) is 0 Å². The van der Waals surface area contributed by atoms with E-state index in [-0.39, 0.29) is 5.75 Å². The number of likely N-dealkylation sites (tertiary alicyclic amines) is 1. The third-order valence-corrected chi connectivity index (χ3v) is 5.48. The van der Waals surface area contributed by atoms with Crippen LogP contribution in [-0.4, -0.2) is 45.2 Å². The van der Waals surface area contributed by atoms with Crippen molar-refractivity contribution in [3.63, 3.8) is 0 Å². The molecule has 0 radical (unpaired) electrons. The van der Waals surface area contributed by atoms with E-state index in [4.69, 9.17) is 0 Å². The van der Waals surface area contributed by atoms with E-state index in [0.717, 1.165) is 42.9 Å². The summed E-state index contributed by atoms with van der Waals surface area (Å²) in [6, 6.07) is 6.36. The van der Waals surface area contributed by atoms with Gasteiger partial charge in [-0.3, -0.25) is 0 Å². The number of sulfone groups is 1. The summed E-state index contributed by atoms with van der Waals surface area (Å²) in [5.41, 5.74) is 3.02. The lowest BCUT2D eigenvalue weighted by Gasteiger charge is -2.37. The van der Waals surface area contributed by atoms with E-state index < -0.39 is 9.84 Å². The molecule has 4 nitrogen and oxygen atoms in total. The lowest BCUT2D eigenvalue weighted by atomic mass is 9.93. The van der Waals surface area contributed by atoms with Gasteiger partial charge in [-0.25, -0.2) is 8.42 Å². The Bertz CT molecular complexity index is 613. The van der Waals surface area contributed by atoms with Gasteiger partial charge in [0.2, 0.25) is 0 Å². The summed E-state index contributed by atoms with van der Waals surface area (Å²) in [4.78, 5) is 2.48. The summed E-state index contributed by atoms with van der Waals surface area (Å²) in [7, 11) is -3.01. The summed E-state index contributed by atoms with van der Waals surface area (Å²) in [5.74, 6) is 0.699. The zero-order chi connectivity index (χ0) is 16.3. The molecule has 0 aromatic heterocycles. The highest BCUT2D eigenvalue weighted by molar-refractivity contribution is 7.89. The maximum atomic E-state index is 11.5. The molecule has 1 aromatic carbocycles. The number of piperidine rings is 1. The zero-order valence-electron chi connectivity index (χ0n) is 14.1. The minimum Gasteiger partial charge on any atom is -0.382 e. The van der Waals surface area contributed by atoms with Crippen LogP contribution in [0.5, 0.6) is 0 Å². The van der Waals surface area contributed by atoms with Crippen LogP contribution < -0.4 is 5.32 Å². The van der Waals surface area contributed by atoms with Crippen molar-refractivity contribution in [2.24, 2.45) is 5.92 Å². The number of hydrogen-bond acceptors (Lipinski definition) is 4. The summed E-state index contributed by atoms with van der Waals surface area (Å²) < 4.78 is 23.1. The second-order valence-corrected chi connectivity index (χ2v) is 8.71. The maximum Gasteiger partial charge on any atom is 0.151 e. The Morgan fingerprint density at radius 1 is 1.36 bits per heavy atom. The number of hydrogen-bond donors (Lipinski definition) is 1. The van der Waals surface area contributed by atoms with Crippen LogP contribution in [0.15, 0.2) is 18.2 Å². The van der Waals surface area contributed by atoms with Crippen LogP contribution >= 0.6 is 0 Å². The van der Waals surface area contributed by atoms with E-state index >= 15 is 0 Å². The van der Waals surface area contributed by atoms with Gasteiger partial charge in [0, 0.05) is 31.1 Å². The molecular weight excluding hydrogens is 296 g/mol. The quantitative estimate of drug-likeness (QED) is 0.905. The number of benzene rings is 1. The Labute approximate surface area is 134 Å². The van der Waals surface area contributed by atoms with Gasteiger partial charge in [-0.15, -0.1) is 0 Å². The molecule has 22 heavy (non-hydrogen) atoms. The Hall–Kier alpha value is -1.07. The van der Waals surface area contributed by atoms with Gasteiger partial charge >= 0.3 is 0 Å². The molecule has 2 rings (SSSR count). The fraction of sp³-hybridized carbons (Fsp3) is 0.647. The van der Waals surface area contributed by atoms with Crippen molar-refractivity contribution in [2.45, 2.75) is 39.0 Å². The third-order valence-electron chi connectivity index (χ3n) is 4.64. The molecule has 1 heterocycles. The highest BCUT2D eigenvalue weighted by atomic mass is 32.2. The molecule has 0 bridgehead atoms. The molecule has 0 aliphatic carbocycles. The topological polar surface area (TPSA) is 49.4 Å². The van der Waals surface area contributed by atoms with E-state index in [0.29, 0.717) is 12.0 Å². The molecule has 1 aliphatic rings. The van der Waals surface area contributed by atoms with Gasteiger partial charge in [0.05, 0.1) is 5.75 Å². The predicted octanol–water partition coefficient (Wildman–Crippen LogP) is 2.68. The molecule has 0 amide bonds. The number of rotatable bonds is 5. The van der Waals surface area contributed by atoms with Crippen molar-refractivity contribution in [3.8, 4) is 0 Å². The highest BCUT2D eigenvalue weighted by Crippen LogP contribution is 2.25. The van der Waals surface area contributed by atoms with Crippen LogP contribution in [0.4, 0.5) is 5.69 Å². The molecular formula is C17H28N2O2S. The first-order valence-corrected chi connectivity index (χ1v) is 10.1. The van der Waals surface area contributed by atoms with Gasteiger partial charge in [0.15, 0.2) is 9.84 Å². The molecule has 0 unspecified atom stereocenters. The van der Waals surface area contributed by atoms with Crippen LogP contribution in [0.25, 0.3) is 0 Å². The third kappa shape index (κ3) is 4.46. The minimum absolute atomic E-state index is 0.109. The maximum absolute atomic E-state index is 11.5. The summed E-state index contributed by atoms with van der Waals surface area (Å²) in [6.07, 6.45) is 2.42. The lowest BCUT2D eigenvalue weighted by Crippen LogP contribution is -2.45. The Balaban J connectivity index is 2.12. The predicted molar refractivity (Wildman–Crippen MR) is 93.0 cm³/mol. The van der Waals surface area contributed by atoms with Crippen molar-refractivity contribution >= 4 is 15.5 Å². The van der Waals surface area contributed by atoms with E-state index in [2.05, 4.69) is 30.1 Å². The molecule has 0 saturated carbocycles. The highest BCUT2D eigenvalue weighted by Gasteiger charge is 2.25. The molecule has 5 heteroatoms. The second-order valence-electron chi connectivity index (χ2n) is 6.57. The molecule has 1 N–H and O–H groups in total. The molecule has 2 atom stereocenters. The molecule has 1 saturated heterocycles.